The average molecular weight is 549 g/mol. The molecule has 1 aromatic heterocycles. The maximum Gasteiger partial charge on any atom is 0.256 e. The van der Waals surface area contributed by atoms with Crippen molar-refractivity contribution < 1.29 is 18.0 Å². The molecule has 2 N–H and O–H groups in total. The van der Waals surface area contributed by atoms with Crippen LogP contribution in [0.25, 0.3) is 0 Å². The smallest absolute Gasteiger partial charge is 0.256 e. The van der Waals surface area contributed by atoms with Gasteiger partial charge in [-0.1, -0.05) is 34.6 Å². The van der Waals surface area contributed by atoms with Crippen molar-refractivity contribution in [2.75, 3.05) is 38.5 Å². The third-order valence-corrected chi connectivity index (χ3v) is 9.23. The summed E-state index contributed by atoms with van der Waals surface area (Å²) < 4.78 is 28.1. The minimum atomic E-state index is -3.68. The van der Waals surface area contributed by atoms with Crippen LogP contribution in [-0.4, -0.2) is 62.7 Å². The van der Waals surface area contributed by atoms with Crippen LogP contribution in [0.3, 0.4) is 0 Å². The molecule has 8 nitrogen and oxygen atoms in total. The van der Waals surface area contributed by atoms with E-state index in [2.05, 4.69) is 22.5 Å². The fraction of sp³-hybridized carbons (Fsp3) is 0.556. The fourth-order valence-corrected chi connectivity index (χ4v) is 7.65. The van der Waals surface area contributed by atoms with Crippen molar-refractivity contribution in [2.45, 2.75) is 58.9 Å². The Morgan fingerprint density at radius 3 is 2.22 bits per heavy atom. The first-order chi connectivity index (χ1) is 17.5. The number of hydrogen-bond donors (Lipinski definition) is 2. The summed E-state index contributed by atoms with van der Waals surface area (Å²) in [6, 6.07) is 6.03. The number of sulfonamides is 1. The lowest BCUT2D eigenvalue weighted by atomic mass is 10.0. The second-order valence-electron chi connectivity index (χ2n) is 10.4. The summed E-state index contributed by atoms with van der Waals surface area (Å²) >= 11 is 1.44. The number of carbonyl (C=O) groups is 2. The van der Waals surface area contributed by atoms with Crippen molar-refractivity contribution in [3.05, 3.63) is 45.8 Å². The van der Waals surface area contributed by atoms with E-state index >= 15 is 0 Å². The molecule has 1 aliphatic heterocycles. The van der Waals surface area contributed by atoms with Gasteiger partial charge in [-0.25, -0.2) is 8.42 Å². The maximum absolute atomic E-state index is 13.3. The molecule has 1 aliphatic rings. The van der Waals surface area contributed by atoms with Crippen LogP contribution in [-0.2, 0) is 23.0 Å². The SMILES string of the molecule is CCCN1CCc2c(sc(NC(=O)c3ccc(S(=O)(=O)N(CC(C)C)CC(C)C)cc3)c2C(=O)NC)C1. The first-order valence-corrected chi connectivity index (χ1v) is 15.2. The molecular formula is C27H40N4O4S2. The van der Waals surface area contributed by atoms with Crippen molar-refractivity contribution in [2.24, 2.45) is 11.8 Å². The van der Waals surface area contributed by atoms with Crippen LogP contribution in [0.4, 0.5) is 5.00 Å². The molecule has 204 valence electrons. The van der Waals surface area contributed by atoms with E-state index in [1.165, 1.54) is 39.9 Å². The zero-order valence-electron chi connectivity index (χ0n) is 22.8. The number of fused-ring (bicyclic) bond motifs is 1. The molecule has 0 fully saturated rings. The predicted octanol–water partition coefficient (Wildman–Crippen LogP) is 4.43. The van der Waals surface area contributed by atoms with Crippen LogP contribution in [0.5, 0.6) is 0 Å². The quantitative estimate of drug-likeness (QED) is 0.433. The van der Waals surface area contributed by atoms with Crippen molar-refractivity contribution in [3.8, 4) is 0 Å². The molecule has 37 heavy (non-hydrogen) atoms. The third kappa shape index (κ3) is 6.98. The van der Waals surface area contributed by atoms with Gasteiger partial charge in [-0.3, -0.25) is 14.5 Å². The predicted molar refractivity (Wildman–Crippen MR) is 150 cm³/mol. The summed E-state index contributed by atoms with van der Waals surface area (Å²) in [5, 5.41) is 6.15. The first-order valence-electron chi connectivity index (χ1n) is 13.0. The highest BCUT2D eigenvalue weighted by molar-refractivity contribution is 7.89. The number of amides is 2. The van der Waals surface area contributed by atoms with Crippen LogP contribution in [0.15, 0.2) is 29.2 Å². The molecule has 0 spiro atoms. The van der Waals surface area contributed by atoms with Crippen LogP contribution in [0.2, 0.25) is 0 Å². The van der Waals surface area contributed by atoms with Gasteiger partial charge >= 0.3 is 0 Å². The zero-order valence-corrected chi connectivity index (χ0v) is 24.4. The van der Waals surface area contributed by atoms with E-state index in [1.807, 2.05) is 27.7 Å². The van der Waals surface area contributed by atoms with Gasteiger partial charge in [0.1, 0.15) is 5.00 Å². The first kappa shape index (κ1) is 29.3. The summed E-state index contributed by atoms with van der Waals surface area (Å²) in [6.45, 7) is 13.6. The van der Waals surface area contributed by atoms with Gasteiger partial charge in [0.15, 0.2) is 0 Å². The molecular weight excluding hydrogens is 508 g/mol. The number of nitrogens with zero attached hydrogens (tertiary/aromatic N) is 2. The van der Waals surface area contributed by atoms with Crippen LogP contribution in [0.1, 0.15) is 72.2 Å². The molecule has 2 amide bonds. The van der Waals surface area contributed by atoms with E-state index in [9.17, 15) is 18.0 Å². The number of carbonyl (C=O) groups excluding carboxylic acids is 2. The highest BCUT2D eigenvalue weighted by Gasteiger charge is 2.29. The van der Waals surface area contributed by atoms with Crippen molar-refractivity contribution >= 4 is 38.2 Å². The van der Waals surface area contributed by atoms with Gasteiger partial charge in [0.05, 0.1) is 10.5 Å². The van der Waals surface area contributed by atoms with Gasteiger partial charge in [0.25, 0.3) is 11.8 Å². The van der Waals surface area contributed by atoms with Gasteiger partial charge in [-0.2, -0.15) is 4.31 Å². The van der Waals surface area contributed by atoms with E-state index in [0.717, 1.165) is 42.9 Å². The summed E-state index contributed by atoms with van der Waals surface area (Å²) in [5.41, 5.74) is 1.87. The standard InChI is InChI=1S/C27H40N4O4S2/c1-7-13-30-14-12-22-23(17-30)36-27(24(22)26(33)28-6)29-25(32)20-8-10-21(11-9-20)37(34,35)31(15-18(2)3)16-19(4)5/h8-11,18-19H,7,12-17H2,1-6H3,(H,28,33)(H,29,32). The van der Waals surface area contributed by atoms with Gasteiger partial charge in [0, 0.05) is 43.7 Å². The van der Waals surface area contributed by atoms with E-state index < -0.39 is 10.0 Å². The Labute approximate surface area is 225 Å². The molecule has 0 unspecified atom stereocenters. The Hall–Kier alpha value is -2.27. The molecule has 0 atom stereocenters. The molecule has 2 heterocycles. The normalized spacial score (nSPS) is 14.3. The van der Waals surface area contributed by atoms with E-state index in [0.29, 0.717) is 29.2 Å². The van der Waals surface area contributed by atoms with Crippen molar-refractivity contribution in [1.82, 2.24) is 14.5 Å². The Kier molecular flexibility index (Phi) is 9.91. The average Bonchev–Trinajstić information content (AvgIpc) is 3.19. The van der Waals surface area contributed by atoms with Crippen molar-refractivity contribution in [1.29, 1.82) is 0 Å². The highest BCUT2D eigenvalue weighted by Crippen LogP contribution is 2.37. The van der Waals surface area contributed by atoms with Gasteiger partial charge in [-0.05, 0) is 61.1 Å². The monoisotopic (exact) mass is 548 g/mol. The lowest BCUT2D eigenvalue weighted by Gasteiger charge is -2.26. The van der Waals surface area contributed by atoms with Crippen LogP contribution in [0, 0.1) is 11.8 Å². The molecule has 0 saturated heterocycles. The Balaban J connectivity index is 1.83. The Morgan fingerprint density at radius 1 is 1.05 bits per heavy atom. The number of nitrogens with one attached hydrogen (secondary N) is 2. The van der Waals surface area contributed by atoms with E-state index in [-0.39, 0.29) is 28.5 Å². The topological polar surface area (TPSA) is 98.8 Å². The summed E-state index contributed by atoms with van der Waals surface area (Å²) in [4.78, 5) is 29.5. The third-order valence-electron chi connectivity index (χ3n) is 6.25. The molecule has 0 aliphatic carbocycles. The van der Waals surface area contributed by atoms with E-state index in [1.54, 1.807) is 7.05 Å². The number of thiophene rings is 1. The lowest BCUT2D eigenvalue weighted by molar-refractivity contribution is 0.0962. The number of rotatable bonds is 11. The van der Waals surface area contributed by atoms with Gasteiger partial charge < -0.3 is 10.6 Å². The molecule has 0 radical (unpaired) electrons. The summed E-state index contributed by atoms with van der Waals surface area (Å²) in [6.07, 6.45) is 1.82. The number of anilines is 1. The molecule has 3 rings (SSSR count). The Bertz CT molecular complexity index is 1190. The maximum atomic E-state index is 13.3. The van der Waals surface area contributed by atoms with Crippen LogP contribution >= 0.6 is 11.3 Å². The van der Waals surface area contributed by atoms with Crippen LogP contribution < -0.4 is 10.6 Å². The zero-order chi connectivity index (χ0) is 27.3. The second kappa shape index (κ2) is 12.5. The molecule has 1 aromatic carbocycles. The van der Waals surface area contributed by atoms with Crippen molar-refractivity contribution in [3.63, 3.8) is 0 Å². The summed E-state index contributed by atoms with van der Waals surface area (Å²) in [5.74, 6) is -0.203. The number of hydrogen-bond acceptors (Lipinski definition) is 6. The lowest BCUT2D eigenvalue weighted by Crippen LogP contribution is -2.37. The minimum absolute atomic E-state index is 0.166. The highest BCUT2D eigenvalue weighted by atomic mass is 32.2. The van der Waals surface area contributed by atoms with Gasteiger partial charge in [-0.15, -0.1) is 11.3 Å². The Morgan fingerprint density at radius 2 is 1.68 bits per heavy atom. The number of benzene rings is 1. The molecule has 10 heteroatoms. The second-order valence-corrected chi connectivity index (χ2v) is 13.4. The van der Waals surface area contributed by atoms with E-state index in [4.69, 9.17) is 0 Å². The fourth-order valence-electron chi connectivity index (χ4n) is 4.60. The largest absolute Gasteiger partial charge is 0.355 e. The summed E-state index contributed by atoms with van der Waals surface area (Å²) in [7, 11) is -2.09. The molecule has 2 aromatic rings. The minimum Gasteiger partial charge on any atom is -0.355 e. The molecule has 0 bridgehead atoms. The molecule has 0 saturated carbocycles. The van der Waals surface area contributed by atoms with Gasteiger partial charge in [0.2, 0.25) is 10.0 Å².